The Morgan fingerprint density at radius 3 is 2.33 bits per heavy atom. The Labute approximate surface area is 107 Å². The van der Waals surface area contributed by atoms with E-state index in [9.17, 15) is 13.2 Å². The topological polar surface area (TPSA) is 80.5 Å². The van der Waals surface area contributed by atoms with E-state index < -0.39 is 15.9 Å². The minimum Gasteiger partial charge on any atom is -0.366 e. The SMILES string of the molecule is NC(=O)c1ccccc1S(=O)(=O)N1CCCCC1. The van der Waals surface area contributed by atoms with Gasteiger partial charge in [-0.2, -0.15) is 4.31 Å². The first kappa shape index (κ1) is 13.0. The van der Waals surface area contributed by atoms with E-state index in [1.165, 1.54) is 16.4 Å². The first-order valence-corrected chi connectivity index (χ1v) is 7.36. The van der Waals surface area contributed by atoms with Crippen LogP contribution in [0.3, 0.4) is 0 Å². The highest BCUT2D eigenvalue weighted by Gasteiger charge is 2.28. The molecule has 0 radical (unpaired) electrons. The molecule has 0 saturated carbocycles. The maximum atomic E-state index is 12.4. The van der Waals surface area contributed by atoms with Crippen LogP contribution in [0.25, 0.3) is 0 Å². The van der Waals surface area contributed by atoms with E-state index in [1.807, 2.05) is 0 Å². The van der Waals surface area contributed by atoms with E-state index in [1.54, 1.807) is 12.1 Å². The molecule has 0 spiro atoms. The summed E-state index contributed by atoms with van der Waals surface area (Å²) in [6.07, 6.45) is 2.76. The summed E-state index contributed by atoms with van der Waals surface area (Å²) in [5.74, 6) is -0.716. The highest BCUT2D eigenvalue weighted by molar-refractivity contribution is 7.89. The fourth-order valence-corrected chi connectivity index (χ4v) is 3.85. The number of carbonyl (C=O) groups excluding carboxylic acids is 1. The van der Waals surface area contributed by atoms with Crippen LogP contribution in [-0.2, 0) is 10.0 Å². The largest absolute Gasteiger partial charge is 0.366 e. The predicted molar refractivity (Wildman–Crippen MR) is 67.6 cm³/mol. The van der Waals surface area contributed by atoms with Gasteiger partial charge in [-0.25, -0.2) is 8.42 Å². The van der Waals surface area contributed by atoms with Crippen molar-refractivity contribution in [3.05, 3.63) is 29.8 Å². The van der Waals surface area contributed by atoms with Gasteiger partial charge in [0, 0.05) is 13.1 Å². The molecule has 6 heteroatoms. The van der Waals surface area contributed by atoms with Gasteiger partial charge in [0.15, 0.2) is 0 Å². The molecule has 0 aliphatic carbocycles. The van der Waals surface area contributed by atoms with Crippen LogP contribution in [0, 0.1) is 0 Å². The van der Waals surface area contributed by atoms with Crippen molar-refractivity contribution >= 4 is 15.9 Å². The molecule has 0 unspecified atom stereocenters. The molecule has 1 heterocycles. The Hall–Kier alpha value is -1.40. The van der Waals surface area contributed by atoms with Gasteiger partial charge in [0.2, 0.25) is 15.9 Å². The lowest BCUT2D eigenvalue weighted by molar-refractivity contribution is 0.0997. The van der Waals surface area contributed by atoms with Gasteiger partial charge in [0.05, 0.1) is 10.5 Å². The van der Waals surface area contributed by atoms with Crippen LogP contribution >= 0.6 is 0 Å². The normalized spacial score (nSPS) is 17.6. The fraction of sp³-hybridized carbons (Fsp3) is 0.417. The molecule has 0 bridgehead atoms. The van der Waals surface area contributed by atoms with E-state index in [-0.39, 0.29) is 10.5 Å². The molecular formula is C12H16N2O3S. The number of rotatable bonds is 3. The number of nitrogens with two attached hydrogens (primary N) is 1. The van der Waals surface area contributed by atoms with Crippen molar-refractivity contribution in [3.63, 3.8) is 0 Å². The van der Waals surface area contributed by atoms with Crippen LogP contribution < -0.4 is 5.73 Å². The van der Waals surface area contributed by atoms with Gasteiger partial charge in [0.1, 0.15) is 0 Å². The predicted octanol–water partition coefficient (Wildman–Crippen LogP) is 0.960. The highest BCUT2D eigenvalue weighted by atomic mass is 32.2. The second-order valence-corrected chi connectivity index (χ2v) is 6.23. The molecule has 1 aliphatic rings. The van der Waals surface area contributed by atoms with Crippen molar-refractivity contribution in [2.24, 2.45) is 5.73 Å². The van der Waals surface area contributed by atoms with Gasteiger partial charge >= 0.3 is 0 Å². The summed E-state index contributed by atoms with van der Waals surface area (Å²) in [7, 11) is -3.61. The third-order valence-corrected chi connectivity index (χ3v) is 5.04. The second-order valence-electron chi connectivity index (χ2n) is 4.33. The van der Waals surface area contributed by atoms with Gasteiger partial charge in [-0.05, 0) is 25.0 Å². The van der Waals surface area contributed by atoms with Crippen LogP contribution in [0.5, 0.6) is 0 Å². The summed E-state index contributed by atoms with van der Waals surface area (Å²) in [6, 6.07) is 6.09. The van der Waals surface area contributed by atoms with Crippen molar-refractivity contribution in [2.75, 3.05) is 13.1 Å². The number of hydrogen-bond donors (Lipinski definition) is 1. The van der Waals surface area contributed by atoms with Crippen molar-refractivity contribution in [1.82, 2.24) is 4.31 Å². The molecule has 0 atom stereocenters. The Kier molecular flexibility index (Phi) is 3.68. The molecule has 0 aromatic heterocycles. The zero-order valence-corrected chi connectivity index (χ0v) is 10.8. The summed E-state index contributed by atoms with van der Waals surface area (Å²) < 4.78 is 26.3. The molecule has 1 aliphatic heterocycles. The molecule has 1 fully saturated rings. The molecule has 5 nitrogen and oxygen atoms in total. The quantitative estimate of drug-likeness (QED) is 0.886. The zero-order chi connectivity index (χ0) is 13.2. The van der Waals surface area contributed by atoms with E-state index in [2.05, 4.69) is 0 Å². The number of piperidine rings is 1. The smallest absolute Gasteiger partial charge is 0.250 e. The second kappa shape index (κ2) is 5.07. The van der Waals surface area contributed by atoms with Crippen LogP contribution in [0.4, 0.5) is 0 Å². The number of sulfonamides is 1. The average molecular weight is 268 g/mol. The standard InChI is InChI=1S/C12H16N2O3S/c13-12(15)10-6-2-3-7-11(10)18(16,17)14-8-4-1-5-9-14/h2-3,6-7H,1,4-5,8-9H2,(H2,13,15). The zero-order valence-electron chi connectivity index (χ0n) is 10.0. The van der Waals surface area contributed by atoms with Crippen LogP contribution in [0.1, 0.15) is 29.6 Å². The minimum atomic E-state index is -3.61. The van der Waals surface area contributed by atoms with Gasteiger partial charge in [-0.15, -0.1) is 0 Å². The summed E-state index contributed by atoms with van der Waals surface area (Å²) in [4.78, 5) is 11.3. The number of benzene rings is 1. The lowest BCUT2D eigenvalue weighted by Crippen LogP contribution is -2.36. The Morgan fingerprint density at radius 2 is 1.72 bits per heavy atom. The fourth-order valence-electron chi connectivity index (χ4n) is 2.14. The van der Waals surface area contributed by atoms with Crippen LogP contribution in [0.15, 0.2) is 29.2 Å². The molecule has 98 valence electrons. The molecule has 1 amide bonds. The van der Waals surface area contributed by atoms with Gasteiger partial charge in [-0.3, -0.25) is 4.79 Å². The minimum absolute atomic E-state index is 0.0133. The summed E-state index contributed by atoms with van der Waals surface area (Å²) >= 11 is 0. The Balaban J connectivity index is 2.43. The first-order valence-electron chi connectivity index (χ1n) is 5.92. The van der Waals surface area contributed by atoms with E-state index in [0.717, 1.165) is 19.3 Å². The monoisotopic (exact) mass is 268 g/mol. The van der Waals surface area contributed by atoms with E-state index >= 15 is 0 Å². The maximum absolute atomic E-state index is 12.4. The lowest BCUT2D eigenvalue weighted by atomic mass is 10.2. The van der Waals surface area contributed by atoms with Gasteiger partial charge in [0.25, 0.3) is 0 Å². The maximum Gasteiger partial charge on any atom is 0.250 e. The Morgan fingerprint density at radius 1 is 1.11 bits per heavy atom. The third kappa shape index (κ3) is 2.39. The number of hydrogen-bond acceptors (Lipinski definition) is 3. The first-order chi connectivity index (χ1) is 8.53. The highest BCUT2D eigenvalue weighted by Crippen LogP contribution is 2.23. The molecule has 1 aromatic carbocycles. The summed E-state index contributed by atoms with van der Waals surface area (Å²) in [5, 5.41) is 0. The van der Waals surface area contributed by atoms with Gasteiger partial charge < -0.3 is 5.73 Å². The molecule has 1 saturated heterocycles. The lowest BCUT2D eigenvalue weighted by Gasteiger charge is -2.26. The third-order valence-electron chi connectivity index (χ3n) is 3.09. The number of primary amides is 1. The number of nitrogens with zero attached hydrogens (tertiary/aromatic N) is 1. The Bertz CT molecular complexity index is 548. The van der Waals surface area contributed by atoms with Crippen molar-refractivity contribution < 1.29 is 13.2 Å². The van der Waals surface area contributed by atoms with Crippen molar-refractivity contribution in [1.29, 1.82) is 0 Å². The summed E-state index contributed by atoms with van der Waals surface area (Å²) in [6.45, 7) is 1.02. The molecular weight excluding hydrogens is 252 g/mol. The van der Waals surface area contributed by atoms with Crippen molar-refractivity contribution in [3.8, 4) is 0 Å². The molecule has 2 rings (SSSR count). The summed E-state index contributed by atoms with van der Waals surface area (Å²) in [5.41, 5.74) is 5.28. The van der Waals surface area contributed by atoms with Crippen LogP contribution in [0.2, 0.25) is 0 Å². The average Bonchev–Trinajstić information content (AvgIpc) is 2.39. The number of amides is 1. The van der Waals surface area contributed by atoms with E-state index in [0.29, 0.717) is 13.1 Å². The van der Waals surface area contributed by atoms with Gasteiger partial charge in [-0.1, -0.05) is 18.6 Å². The van der Waals surface area contributed by atoms with Crippen LogP contribution in [-0.4, -0.2) is 31.7 Å². The van der Waals surface area contributed by atoms with Crippen molar-refractivity contribution in [2.45, 2.75) is 24.2 Å². The molecule has 1 aromatic rings. The number of carbonyl (C=O) groups is 1. The molecule has 2 N–H and O–H groups in total. The molecule has 18 heavy (non-hydrogen) atoms. The van der Waals surface area contributed by atoms with E-state index in [4.69, 9.17) is 5.73 Å².